The molecule has 1 N–H and O–H groups in total. The van der Waals surface area contributed by atoms with Gasteiger partial charge in [-0.1, -0.05) is 6.07 Å². The van der Waals surface area contributed by atoms with Gasteiger partial charge in [0.2, 0.25) is 11.8 Å². The van der Waals surface area contributed by atoms with Crippen LogP contribution in [0.5, 0.6) is 11.5 Å². The molecule has 0 aliphatic carbocycles. The lowest BCUT2D eigenvalue weighted by molar-refractivity contribution is -0.124. The number of methoxy groups -OCH3 is 2. The van der Waals surface area contributed by atoms with E-state index in [9.17, 15) is 14.0 Å². The third-order valence-electron chi connectivity index (χ3n) is 4.32. The Morgan fingerprint density at radius 3 is 2.52 bits per heavy atom. The summed E-state index contributed by atoms with van der Waals surface area (Å²) in [4.78, 5) is 24.6. The Morgan fingerprint density at radius 2 is 1.86 bits per heavy atom. The molecule has 0 unspecified atom stereocenters. The van der Waals surface area contributed by atoms with Crippen molar-refractivity contribution in [3.63, 3.8) is 0 Å². The van der Waals surface area contributed by atoms with Crippen LogP contribution in [0.2, 0.25) is 0 Å². The topological polar surface area (TPSA) is 95.6 Å². The number of benzene rings is 2. The van der Waals surface area contributed by atoms with Gasteiger partial charge >= 0.3 is 5.76 Å². The summed E-state index contributed by atoms with van der Waals surface area (Å²) in [7, 11) is 3.06. The van der Waals surface area contributed by atoms with Crippen LogP contribution < -0.4 is 20.5 Å². The summed E-state index contributed by atoms with van der Waals surface area (Å²) in [6.07, 6.45) is 0. The molecule has 29 heavy (non-hydrogen) atoms. The highest BCUT2D eigenvalue weighted by Crippen LogP contribution is 2.27. The normalized spacial score (nSPS) is 11.7. The van der Waals surface area contributed by atoms with Crippen LogP contribution >= 0.6 is 0 Å². The summed E-state index contributed by atoms with van der Waals surface area (Å²) < 4.78 is 29.5. The molecule has 1 atom stereocenters. The monoisotopic (exact) mass is 401 g/mol. The lowest BCUT2D eigenvalue weighted by Gasteiger charge is -2.13. The van der Waals surface area contributed by atoms with Crippen LogP contribution in [0.25, 0.3) is 11.5 Å². The van der Waals surface area contributed by atoms with Crippen LogP contribution in [-0.4, -0.2) is 29.9 Å². The molecule has 2 aromatic carbocycles. The van der Waals surface area contributed by atoms with E-state index in [0.29, 0.717) is 17.1 Å². The van der Waals surface area contributed by atoms with Gasteiger partial charge in [0.05, 0.1) is 14.2 Å². The molecule has 0 bridgehead atoms. The number of ether oxygens (including phenoxy) is 2. The molecule has 0 aliphatic heterocycles. The number of nitrogens with one attached hydrogen (secondary N) is 1. The summed E-state index contributed by atoms with van der Waals surface area (Å²) in [6, 6.07) is 9.71. The number of amides is 1. The third kappa shape index (κ3) is 4.45. The first-order valence-electron chi connectivity index (χ1n) is 8.77. The van der Waals surface area contributed by atoms with Crippen molar-refractivity contribution < 1.29 is 23.1 Å². The van der Waals surface area contributed by atoms with Gasteiger partial charge in [-0.3, -0.25) is 4.79 Å². The minimum absolute atomic E-state index is 0.00883. The van der Waals surface area contributed by atoms with E-state index in [1.807, 2.05) is 0 Å². The molecular weight excluding hydrogens is 381 g/mol. The summed E-state index contributed by atoms with van der Waals surface area (Å²) in [6.45, 7) is 1.75. The van der Waals surface area contributed by atoms with Crippen molar-refractivity contribution in [3.8, 4) is 23.0 Å². The fourth-order valence-electron chi connectivity index (χ4n) is 2.68. The van der Waals surface area contributed by atoms with Gasteiger partial charge in [0.15, 0.2) is 11.5 Å². The van der Waals surface area contributed by atoms with Crippen LogP contribution in [0.15, 0.2) is 51.7 Å². The fourth-order valence-corrected chi connectivity index (χ4v) is 2.68. The summed E-state index contributed by atoms with van der Waals surface area (Å²) in [5, 5.41) is 6.80. The van der Waals surface area contributed by atoms with Gasteiger partial charge in [0, 0.05) is 12.1 Å². The van der Waals surface area contributed by atoms with Crippen LogP contribution in [0.3, 0.4) is 0 Å². The summed E-state index contributed by atoms with van der Waals surface area (Å²) in [5.74, 6) is -0.478. The summed E-state index contributed by atoms with van der Waals surface area (Å²) >= 11 is 0. The Kier molecular flexibility index (Phi) is 5.96. The molecule has 1 amide bonds. The average molecular weight is 401 g/mol. The number of hydrogen-bond acceptors (Lipinski definition) is 6. The van der Waals surface area contributed by atoms with Gasteiger partial charge in [-0.2, -0.15) is 4.68 Å². The largest absolute Gasteiger partial charge is 0.493 e. The second-order valence-corrected chi connectivity index (χ2v) is 6.21. The molecule has 0 fully saturated rings. The maximum Gasteiger partial charge on any atom is 0.438 e. The van der Waals surface area contributed by atoms with Crippen molar-refractivity contribution in [2.75, 3.05) is 14.2 Å². The molecule has 9 heteroatoms. The molecule has 0 aliphatic rings. The van der Waals surface area contributed by atoms with E-state index < -0.39 is 23.5 Å². The number of aromatic nitrogens is 2. The van der Waals surface area contributed by atoms with E-state index >= 15 is 0 Å². The molecular formula is C20H20FN3O5. The van der Waals surface area contributed by atoms with Crippen LogP contribution in [0, 0.1) is 5.82 Å². The minimum Gasteiger partial charge on any atom is -0.493 e. The zero-order valence-electron chi connectivity index (χ0n) is 16.1. The van der Waals surface area contributed by atoms with Gasteiger partial charge in [0.25, 0.3) is 0 Å². The predicted octanol–water partition coefficient (Wildman–Crippen LogP) is 2.54. The molecule has 8 nitrogen and oxygen atoms in total. The van der Waals surface area contributed by atoms with Crippen LogP contribution in [-0.2, 0) is 11.3 Å². The Morgan fingerprint density at radius 1 is 1.17 bits per heavy atom. The number of halogens is 1. The lowest BCUT2D eigenvalue weighted by Crippen LogP contribution is -2.34. The fraction of sp³-hybridized carbons (Fsp3) is 0.250. The first-order valence-corrected chi connectivity index (χ1v) is 8.77. The SMILES string of the molecule is COc1ccc(CNC(=O)[C@@H](C)n2nc(-c3ccc(F)cc3)oc2=O)cc1OC. The van der Waals surface area contributed by atoms with Crippen LogP contribution in [0.4, 0.5) is 4.39 Å². The van der Waals surface area contributed by atoms with Crippen molar-refractivity contribution in [1.29, 1.82) is 0 Å². The van der Waals surface area contributed by atoms with Gasteiger partial charge in [-0.05, 0) is 48.9 Å². The summed E-state index contributed by atoms with van der Waals surface area (Å²) in [5.41, 5.74) is 1.22. The average Bonchev–Trinajstić information content (AvgIpc) is 3.13. The van der Waals surface area contributed by atoms with E-state index in [2.05, 4.69) is 10.4 Å². The van der Waals surface area contributed by atoms with Crippen molar-refractivity contribution in [2.24, 2.45) is 0 Å². The van der Waals surface area contributed by atoms with Crippen molar-refractivity contribution in [3.05, 3.63) is 64.4 Å². The third-order valence-corrected chi connectivity index (χ3v) is 4.32. The second kappa shape index (κ2) is 8.59. The van der Waals surface area contributed by atoms with Crippen molar-refractivity contribution in [2.45, 2.75) is 19.5 Å². The number of carbonyl (C=O) groups is 1. The maximum atomic E-state index is 13.1. The van der Waals surface area contributed by atoms with Gasteiger partial charge < -0.3 is 19.2 Å². The standard InChI is InChI=1S/C20H20FN3O5/c1-12(18(25)22-11-13-4-9-16(27-2)17(10-13)28-3)24-20(26)29-19(23-24)14-5-7-15(21)8-6-14/h4-10,12H,11H2,1-3H3,(H,22,25)/t12-/m1/s1. The van der Waals surface area contributed by atoms with Crippen LogP contribution in [0.1, 0.15) is 18.5 Å². The second-order valence-electron chi connectivity index (χ2n) is 6.21. The number of carbonyl (C=O) groups excluding carboxylic acids is 1. The molecule has 0 saturated carbocycles. The molecule has 1 aromatic heterocycles. The maximum absolute atomic E-state index is 13.1. The molecule has 0 spiro atoms. The molecule has 0 radical (unpaired) electrons. The zero-order valence-corrected chi connectivity index (χ0v) is 16.1. The highest BCUT2D eigenvalue weighted by atomic mass is 19.1. The lowest BCUT2D eigenvalue weighted by atomic mass is 10.2. The smallest absolute Gasteiger partial charge is 0.438 e. The first-order chi connectivity index (χ1) is 13.9. The zero-order chi connectivity index (χ0) is 21.0. The van der Waals surface area contributed by atoms with Gasteiger partial charge in [-0.25, -0.2) is 9.18 Å². The predicted molar refractivity (Wildman–Crippen MR) is 102 cm³/mol. The van der Waals surface area contributed by atoms with Gasteiger partial charge in [-0.15, -0.1) is 5.10 Å². The van der Waals surface area contributed by atoms with Gasteiger partial charge in [0.1, 0.15) is 11.9 Å². The molecule has 3 aromatic rings. The van der Waals surface area contributed by atoms with E-state index in [1.54, 1.807) is 18.2 Å². The van der Waals surface area contributed by atoms with E-state index in [-0.39, 0.29) is 12.4 Å². The number of rotatable bonds is 7. The Balaban J connectivity index is 1.70. The minimum atomic E-state index is -0.902. The van der Waals surface area contributed by atoms with E-state index in [4.69, 9.17) is 13.9 Å². The molecule has 152 valence electrons. The highest BCUT2D eigenvalue weighted by Gasteiger charge is 2.21. The number of hydrogen-bond donors (Lipinski definition) is 1. The van der Waals surface area contributed by atoms with E-state index in [1.165, 1.54) is 45.4 Å². The molecule has 0 saturated heterocycles. The molecule has 3 rings (SSSR count). The van der Waals surface area contributed by atoms with Crippen molar-refractivity contribution >= 4 is 5.91 Å². The number of nitrogens with zero attached hydrogens (tertiary/aromatic N) is 2. The molecule has 1 heterocycles. The first kappa shape index (κ1) is 20.1. The highest BCUT2D eigenvalue weighted by molar-refractivity contribution is 5.79. The van der Waals surface area contributed by atoms with E-state index in [0.717, 1.165) is 10.2 Å². The Bertz CT molecular complexity index is 1060. The van der Waals surface area contributed by atoms with Crippen molar-refractivity contribution in [1.82, 2.24) is 15.1 Å². The quantitative estimate of drug-likeness (QED) is 0.654. The Hall–Kier alpha value is -3.62. The Labute approximate surface area is 165 Å².